The Labute approximate surface area is 120 Å². The standard InChI is InChI=1S/C17H20N2O/c1-12-5-6-13(17(2,3)4)9-15(12)16(20)10-14-11-18-7-8-19-14/h5-9,11H,10H2,1-4H3. The van der Waals surface area contributed by atoms with E-state index in [1.54, 1.807) is 18.6 Å². The first-order valence-electron chi connectivity index (χ1n) is 6.77. The van der Waals surface area contributed by atoms with E-state index in [9.17, 15) is 4.79 Å². The van der Waals surface area contributed by atoms with Crippen LogP contribution in [0.25, 0.3) is 0 Å². The summed E-state index contributed by atoms with van der Waals surface area (Å²) in [6.07, 6.45) is 5.16. The van der Waals surface area contributed by atoms with Crippen molar-refractivity contribution >= 4 is 5.78 Å². The Kier molecular flexibility index (Phi) is 3.98. The molecule has 0 aliphatic heterocycles. The van der Waals surface area contributed by atoms with E-state index >= 15 is 0 Å². The van der Waals surface area contributed by atoms with Crippen molar-refractivity contribution in [3.63, 3.8) is 0 Å². The highest BCUT2D eigenvalue weighted by molar-refractivity contribution is 5.98. The molecule has 0 unspecified atom stereocenters. The van der Waals surface area contributed by atoms with Crippen LogP contribution in [0.1, 0.15) is 48.0 Å². The Bertz CT molecular complexity index is 613. The third-order valence-electron chi connectivity index (χ3n) is 3.36. The Balaban J connectivity index is 2.30. The molecule has 3 nitrogen and oxygen atoms in total. The lowest BCUT2D eigenvalue weighted by Crippen LogP contribution is -2.14. The summed E-state index contributed by atoms with van der Waals surface area (Å²) < 4.78 is 0. The number of Topliss-reactive ketones (excluding diaryl/α,β-unsaturated/α-hetero) is 1. The maximum Gasteiger partial charge on any atom is 0.169 e. The normalized spacial score (nSPS) is 11.4. The van der Waals surface area contributed by atoms with E-state index in [0.717, 1.165) is 11.1 Å². The van der Waals surface area contributed by atoms with Crippen LogP contribution in [-0.2, 0) is 11.8 Å². The lowest BCUT2D eigenvalue weighted by molar-refractivity contribution is 0.0991. The maximum atomic E-state index is 12.4. The van der Waals surface area contributed by atoms with E-state index in [1.807, 2.05) is 19.1 Å². The van der Waals surface area contributed by atoms with Gasteiger partial charge in [0.25, 0.3) is 0 Å². The van der Waals surface area contributed by atoms with Gasteiger partial charge in [-0.05, 0) is 29.5 Å². The number of aromatic nitrogens is 2. The van der Waals surface area contributed by atoms with E-state index in [0.29, 0.717) is 12.1 Å². The van der Waals surface area contributed by atoms with Gasteiger partial charge >= 0.3 is 0 Å². The topological polar surface area (TPSA) is 42.9 Å². The van der Waals surface area contributed by atoms with Crippen LogP contribution in [0.5, 0.6) is 0 Å². The van der Waals surface area contributed by atoms with Crippen LogP contribution in [0.15, 0.2) is 36.8 Å². The van der Waals surface area contributed by atoms with Gasteiger partial charge in [0.15, 0.2) is 5.78 Å². The van der Waals surface area contributed by atoms with E-state index < -0.39 is 0 Å². The zero-order chi connectivity index (χ0) is 14.8. The second kappa shape index (κ2) is 5.53. The molecule has 104 valence electrons. The minimum Gasteiger partial charge on any atom is -0.294 e. The average molecular weight is 268 g/mol. The van der Waals surface area contributed by atoms with Crippen molar-refractivity contribution in [2.45, 2.75) is 39.5 Å². The van der Waals surface area contributed by atoms with Crippen molar-refractivity contribution < 1.29 is 4.79 Å². The zero-order valence-corrected chi connectivity index (χ0v) is 12.5. The zero-order valence-electron chi connectivity index (χ0n) is 12.5. The molecule has 1 aromatic heterocycles. The van der Waals surface area contributed by atoms with Crippen LogP contribution in [0, 0.1) is 6.92 Å². The third-order valence-corrected chi connectivity index (χ3v) is 3.36. The number of rotatable bonds is 3. The molecule has 20 heavy (non-hydrogen) atoms. The minimum atomic E-state index is 0.0370. The van der Waals surface area contributed by atoms with Crippen LogP contribution in [0.3, 0.4) is 0 Å². The number of carbonyl (C=O) groups excluding carboxylic acids is 1. The van der Waals surface area contributed by atoms with Gasteiger partial charge in [0.2, 0.25) is 0 Å². The van der Waals surface area contributed by atoms with Crippen molar-refractivity contribution in [3.05, 3.63) is 59.2 Å². The molecule has 0 fully saturated rings. The quantitative estimate of drug-likeness (QED) is 0.800. The first kappa shape index (κ1) is 14.4. The van der Waals surface area contributed by atoms with Crippen LogP contribution in [-0.4, -0.2) is 15.8 Å². The molecule has 0 bridgehead atoms. The highest BCUT2D eigenvalue weighted by Crippen LogP contribution is 2.25. The number of carbonyl (C=O) groups is 1. The summed E-state index contributed by atoms with van der Waals surface area (Å²) in [4.78, 5) is 20.6. The van der Waals surface area contributed by atoms with Crippen LogP contribution in [0.4, 0.5) is 0 Å². The molecule has 2 rings (SSSR count). The van der Waals surface area contributed by atoms with E-state index in [4.69, 9.17) is 0 Å². The van der Waals surface area contributed by atoms with Gasteiger partial charge in [0, 0.05) is 24.2 Å². The summed E-state index contributed by atoms with van der Waals surface area (Å²) in [5, 5.41) is 0. The van der Waals surface area contributed by atoms with Crippen molar-refractivity contribution in [1.82, 2.24) is 9.97 Å². The van der Waals surface area contributed by atoms with E-state index in [-0.39, 0.29) is 11.2 Å². The monoisotopic (exact) mass is 268 g/mol. The maximum absolute atomic E-state index is 12.4. The van der Waals surface area contributed by atoms with Crippen LogP contribution < -0.4 is 0 Å². The SMILES string of the molecule is Cc1ccc(C(C)(C)C)cc1C(=O)Cc1cnccn1. The summed E-state index contributed by atoms with van der Waals surface area (Å²) in [6, 6.07) is 6.12. The van der Waals surface area contributed by atoms with Crippen molar-refractivity contribution in [2.75, 3.05) is 0 Å². The van der Waals surface area contributed by atoms with Crippen LogP contribution >= 0.6 is 0 Å². The number of hydrogen-bond acceptors (Lipinski definition) is 3. The number of hydrogen-bond donors (Lipinski definition) is 0. The fourth-order valence-electron chi connectivity index (χ4n) is 2.07. The lowest BCUT2D eigenvalue weighted by Gasteiger charge is -2.20. The van der Waals surface area contributed by atoms with Gasteiger partial charge in [-0.2, -0.15) is 0 Å². The van der Waals surface area contributed by atoms with E-state index in [2.05, 4.69) is 36.8 Å². The summed E-state index contributed by atoms with van der Waals surface area (Å²) in [5.41, 5.74) is 3.70. The summed E-state index contributed by atoms with van der Waals surface area (Å²) in [7, 11) is 0. The van der Waals surface area contributed by atoms with Gasteiger partial charge in [0.05, 0.1) is 12.1 Å². The molecule has 0 saturated heterocycles. The average Bonchev–Trinajstić information content (AvgIpc) is 2.39. The molecule has 0 N–H and O–H groups in total. The van der Waals surface area contributed by atoms with E-state index in [1.165, 1.54) is 5.56 Å². The first-order valence-corrected chi connectivity index (χ1v) is 6.77. The molecule has 1 heterocycles. The molecule has 1 aromatic carbocycles. The molecule has 0 aliphatic carbocycles. The number of benzene rings is 1. The number of aryl methyl sites for hydroxylation is 1. The molecular weight excluding hydrogens is 248 g/mol. The summed E-state index contributed by atoms with van der Waals surface area (Å²) in [5.74, 6) is 0.0918. The minimum absolute atomic E-state index is 0.0370. The highest BCUT2D eigenvalue weighted by atomic mass is 16.1. The molecule has 0 aliphatic rings. The predicted molar refractivity (Wildman–Crippen MR) is 79.9 cm³/mol. The van der Waals surface area contributed by atoms with Gasteiger partial charge in [-0.3, -0.25) is 14.8 Å². The third kappa shape index (κ3) is 3.29. The molecule has 0 atom stereocenters. The summed E-state index contributed by atoms with van der Waals surface area (Å²) in [6.45, 7) is 8.41. The van der Waals surface area contributed by atoms with Crippen LogP contribution in [0.2, 0.25) is 0 Å². The second-order valence-electron chi connectivity index (χ2n) is 6.08. The molecule has 0 radical (unpaired) electrons. The Morgan fingerprint density at radius 2 is 1.95 bits per heavy atom. The highest BCUT2D eigenvalue weighted by Gasteiger charge is 2.17. The number of nitrogens with zero attached hydrogens (tertiary/aromatic N) is 2. The second-order valence-corrected chi connectivity index (χ2v) is 6.08. The molecule has 3 heteroatoms. The molecular formula is C17H20N2O. The summed E-state index contributed by atoms with van der Waals surface area (Å²) >= 11 is 0. The van der Waals surface area contributed by atoms with Crippen molar-refractivity contribution in [2.24, 2.45) is 0 Å². The Morgan fingerprint density at radius 3 is 2.55 bits per heavy atom. The van der Waals surface area contributed by atoms with Gasteiger partial charge < -0.3 is 0 Å². The lowest BCUT2D eigenvalue weighted by atomic mass is 9.84. The molecule has 0 amide bonds. The molecule has 0 saturated carbocycles. The Morgan fingerprint density at radius 1 is 1.20 bits per heavy atom. The van der Waals surface area contributed by atoms with Gasteiger partial charge in [0.1, 0.15) is 0 Å². The number of ketones is 1. The fraction of sp³-hybridized carbons (Fsp3) is 0.353. The largest absolute Gasteiger partial charge is 0.294 e. The smallest absolute Gasteiger partial charge is 0.169 e. The van der Waals surface area contributed by atoms with Crippen molar-refractivity contribution in [3.8, 4) is 0 Å². The van der Waals surface area contributed by atoms with Crippen molar-refractivity contribution in [1.29, 1.82) is 0 Å². The first-order chi connectivity index (χ1) is 9.38. The predicted octanol–water partition coefficient (Wildman–Crippen LogP) is 3.51. The molecule has 0 spiro atoms. The van der Waals surface area contributed by atoms with Gasteiger partial charge in [-0.15, -0.1) is 0 Å². The van der Waals surface area contributed by atoms with Gasteiger partial charge in [-0.1, -0.05) is 32.9 Å². The Hall–Kier alpha value is -2.03. The molecule has 2 aromatic rings. The van der Waals surface area contributed by atoms with Gasteiger partial charge in [-0.25, -0.2) is 0 Å². The fourth-order valence-corrected chi connectivity index (χ4v) is 2.07.